The molecule has 0 bridgehead atoms. The molecule has 0 aliphatic heterocycles. The van der Waals surface area contributed by atoms with Crippen molar-refractivity contribution in [2.45, 2.75) is 27.0 Å². The fourth-order valence-corrected chi connectivity index (χ4v) is 2.40. The van der Waals surface area contributed by atoms with Crippen molar-refractivity contribution in [1.82, 2.24) is 5.32 Å². The number of benzene rings is 1. The Morgan fingerprint density at radius 2 is 1.89 bits per heavy atom. The van der Waals surface area contributed by atoms with Crippen molar-refractivity contribution in [2.75, 3.05) is 6.54 Å². The molecule has 0 aliphatic rings. The second kappa shape index (κ2) is 7.31. The van der Waals surface area contributed by atoms with Gasteiger partial charge in [-0.25, -0.2) is 0 Å². The molecule has 0 saturated carbocycles. The summed E-state index contributed by atoms with van der Waals surface area (Å²) in [6, 6.07) is 10.4. The lowest BCUT2D eigenvalue weighted by molar-refractivity contribution is 0.306. The third-order valence-electron chi connectivity index (χ3n) is 2.79. The summed E-state index contributed by atoms with van der Waals surface area (Å²) in [6.07, 6.45) is 0. The van der Waals surface area contributed by atoms with Crippen LogP contribution in [0.2, 0.25) is 0 Å². The summed E-state index contributed by atoms with van der Waals surface area (Å²) in [5.74, 6) is 1.62. The van der Waals surface area contributed by atoms with E-state index in [-0.39, 0.29) is 0 Å². The van der Waals surface area contributed by atoms with E-state index in [0.717, 1.165) is 18.8 Å². The van der Waals surface area contributed by atoms with Gasteiger partial charge in [0.25, 0.3) is 0 Å². The molecule has 1 N–H and O–H groups in total. The standard InChI is InChI=1S/C16H21NOS/c1-13(2)9-17-10-14-3-5-16(6-4-14)18-11-15-7-8-19-12-15/h3-8,12-13,17H,9-11H2,1-2H3. The van der Waals surface area contributed by atoms with Crippen LogP contribution in [0.3, 0.4) is 0 Å². The van der Waals surface area contributed by atoms with Crippen LogP contribution in [0.1, 0.15) is 25.0 Å². The summed E-state index contributed by atoms with van der Waals surface area (Å²) in [5.41, 5.74) is 2.52. The summed E-state index contributed by atoms with van der Waals surface area (Å²) < 4.78 is 5.73. The minimum atomic E-state index is 0.647. The van der Waals surface area contributed by atoms with Gasteiger partial charge in [-0.2, -0.15) is 11.3 Å². The van der Waals surface area contributed by atoms with Crippen LogP contribution in [0.5, 0.6) is 5.75 Å². The van der Waals surface area contributed by atoms with Crippen LogP contribution in [0.25, 0.3) is 0 Å². The second-order valence-corrected chi connectivity index (χ2v) is 5.87. The van der Waals surface area contributed by atoms with Gasteiger partial charge in [0.1, 0.15) is 12.4 Å². The molecule has 0 saturated heterocycles. The average Bonchev–Trinajstić information content (AvgIpc) is 2.90. The molecule has 1 aromatic heterocycles. The first-order chi connectivity index (χ1) is 9.24. The molecular formula is C16H21NOS. The molecule has 2 rings (SSSR count). The molecule has 0 aliphatic carbocycles. The van der Waals surface area contributed by atoms with E-state index in [4.69, 9.17) is 4.74 Å². The number of nitrogens with one attached hydrogen (secondary N) is 1. The Hall–Kier alpha value is -1.32. The van der Waals surface area contributed by atoms with Gasteiger partial charge in [-0.05, 0) is 52.5 Å². The van der Waals surface area contributed by atoms with Crippen LogP contribution in [0, 0.1) is 5.92 Å². The SMILES string of the molecule is CC(C)CNCc1ccc(OCc2ccsc2)cc1. The highest BCUT2D eigenvalue weighted by molar-refractivity contribution is 7.07. The van der Waals surface area contributed by atoms with Gasteiger partial charge < -0.3 is 10.1 Å². The molecule has 102 valence electrons. The van der Waals surface area contributed by atoms with Gasteiger partial charge in [0.15, 0.2) is 0 Å². The van der Waals surface area contributed by atoms with Crippen molar-refractivity contribution in [1.29, 1.82) is 0 Å². The molecule has 0 atom stereocenters. The fourth-order valence-electron chi connectivity index (χ4n) is 1.75. The number of ether oxygens (including phenoxy) is 1. The normalized spacial score (nSPS) is 10.9. The predicted octanol–water partition coefficient (Wildman–Crippen LogP) is 4.07. The Bertz CT molecular complexity index is 462. The van der Waals surface area contributed by atoms with Crippen molar-refractivity contribution < 1.29 is 4.74 Å². The van der Waals surface area contributed by atoms with Crippen LogP contribution in [-0.2, 0) is 13.2 Å². The van der Waals surface area contributed by atoms with Gasteiger partial charge in [0.2, 0.25) is 0 Å². The van der Waals surface area contributed by atoms with E-state index in [2.05, 4.69) is 48.1 Å². The van der Waals surface area contributed by atoms with Crippen molar-refractivity contribution in [2.24, 2.45) is 5.92 Å². The van der Waals surface area contributed by atoms with Gasteiger partial charge in [-0.3, -0.25) is 0 Å². The van der Waals surface area contributed by atoms with Crippen LogP contribution >= 0.6 is 11.3 Å². The first-order valence-corrected chi connectivity index (χ1v) is 7.62. The zero-order valence-electron chi connectivity index (χ0n) is 11.6. The quantitative estimate of drug-likeness (QED) is 0.822. The molecule has 1 aromatic carbocycles. The highest BCUT2D eigenvalue weighted by Gasteiger charge is 1.98. The molecule has 2 nitrogen and oxygen atoms in total. The zero-order chi connectivity index (χ0) is 13.5. The summed E-state index contributed by atoms with van der Waals surface area (Å²) >= 11 is 1.70. The summed E-state index contributed by atoms with van der Waals surface area (Å²) in [5, 5.41) is 7.62. The fraction of sp³-hybridized carbons (Fsp3) is 0.375. The smallest absolute Gasteiger partial charge is 0.119 e. The van der Waals surface area contributed by atoms with Gasteiger partial charge in [-0.15, -0.1) is 0 Å². The molecule has 19 heavy (non-hydrogen) atoms. The lowest BCUT2D eigenvalue weighted by Gasteiger charge is -2.09. The van der Waals surface area contributed by atoms with E-state index < -0.39 is 0 Å². The van der Waals surface area contributed by atoms with E-state index >= 15 is 0 Å². The topological polar surface area (TPSA) is 21.3 Å². The summed E-state index contributed by atoms with van der Waals surface area (Å²) in [4.78, 5) is 0. The monoisotopic (exact) mass is 275 g/mol. The van der Waals surface area contributed by atoms with Crippen LogP contribution in [0.4, 0.5) is 0 Å². The van der Waals surface area contributed by atoms with Crippen LogP contribution in [0.15, 0.2) is 41.1 Å². The maximum absolute atomic E-state index is 5.73. The number of hydrogen-bond donors (Lipinski definition) is 1. The lowest BCUT2D eigenvalue weighted by atomic mass is 10.2. The minimum Gasteiger partial charge on any atom is -0.489 e. The lowest BCUT2D eigenvalue weighted by Crippen LogP contribution is -2.18. The molecule has 2 aromatic rings. The van der Waals surface area contributed by atoms with E-state index in [1.54, 1.807) is 11.3 Å². The Kier molecular flexibility index (Phi) is 5.43. The third kappa shape index (κ3) is 5.05. The number of hydrogen-bond acceptors (Lipinski definition) is 3. The molecule has 0 amide bonds. The Morgan fingerprint density at radius 1 is 1.11 bits per heavy atom. The first kappa shape index (κ1) is 14.1. The highest BCUT2D eigenvalue weighted by Crippen LogP contribution is 2.15. The van der Waals surface area contributed by atoms with Gasteiger partial charge in [0, 0.05) is 6.54 Å². The van der Waals surface area contributed by atoms with E-state index in [1.807, 2.05) is 12.1 Å². The maximum Gasteiger partial charge on any atom is 0.119 e. The van der Waals surface area contributed by atoms with Crippen LogP contribution < -0.4 is 10.1 Å². The second-order valence-electron chi connectivity index (χ2n) is 5.09. The zero-order valence-corrected chi connectivity index (χ0v) is 12.4. The Balaban J connectivity index is 1.77. The average molecular weight is 275 g/mol. The molecule has 0 unspecified atom stereocenters. The Morgan fingerprint density at radius 3 is 2.53 bits per heavy atom. The van der Waals surface area contributed by atoms with Crippen molar-refractivity contribution >= 4 is 11.3 Å². The summed E-state index contributed by atoms with van der Waals surface area (Å²) in [7, 11) is 0. The molecule has 3 heteroatoms. The molecular weight excluding hydrogens is 254 g/mol. The highest BCUT2D eigenvalue weighted by atomic mass is 32.1. The van der Waals surface area contributed by atoms with Gasteiger partial charge >= 0.3 is 0 Å². The summed E-state index contributed by atoms with van der Waals surface area (Å²) in [6.45, 7) is 7.05. The van der Waals surface area contributed by atoms with E-state index in [0.29, 0.717) is 12.5 Å². The van der Waals surface area contributed by atoms with Crippen molar-refractivity contribution in [3.05, 3.63) is 52.2 Å². The van der Waals surface area contributed by atoms with E-state index in [1.165, 1.54) is 11.1 Å². The van der Waals surface area contributed by atoms with Crippen LogP contribution in [-0.4, -0.2) is 6.54 Å². The van der Waals surface area contributed by atoms with Crippen molar-refractivity contribution in [3.63, 3.8) is 0 Å². The first-order valence-electron chi connectivity index (χ1n) is 6.67. The Labute approximate surface area is 119 Å². The van der Waals surface area contributed by atoms with Crippen molar-refractivity contribution in [3.8, 4) is 5.75 Å². The molecule has 0 fully saturated rings. The predicted molar refractivity (Wildman–Crippen MR) is 81.6 cm³/mol. The van der Waals surface area contributed by atoms with Gasteiger partial charge in [0.05, 0.1) is 0 Å². The van der Waals surface area contributed by atoms with E-state index in [9.17, 15) is 0 Å². The number of rotatable bonds is 7. The third-order valence-corrected chi connectivity index (χ3v) is 3.52. The largest absolute Gasteiger partial charge is 0.489 e. The molecule has 0 radical (unpaired) electrons. The van der Waals surface area contributed by atoms with Gasteiger partial charge in [-0.1, -0.05) is 26.0 Å². The minimum absolute atomic E-state index is 0.647. The maximum atomic E-state index is 5.73. The number of thiophene rings is 1. The molecule has 1 heterocycles. The molecule has 0 spiro atoms.